The molecule has 0 unspecified atom stereocenters. The summed E-state index contributed by atoms with van der Waals surface area (Å²) < 4.78 is 0. The SMILES string of the molecule is C=CCNCCC.Cl. The highest BCUT2D eigenvalue weighted by atomic mass is 35.5. The Kier molecular flexibility index (Phi) is 13.7. The predicted octanol–water partition coefficient (Wildman–Crippen LogP) is 1.59. The van der Waals surface area contributed by atoms with Crippen molar-refractivity contribution in [3.8, 4) is 0 Å². The molecule has 1 nitrogen and oxygen atoms in total. The first-order valence-corrected chi connectivity index (χ1v) is 2.73. The van der Waals surface area contributed by atoms with E-state index in [0.717, 1.165) is 13.1 Å². The minimum atomic E-state index is 0. The van der Waals surface area contributed by atoms with Crippen LogP contribution in [0.1, 0.15) is 13.3 Å². The Bertz CT molecular complexity index is 45.8. The molecule has 2 heteroatoms. The molecule has 0 heterocycles. The third kappa shape index (κ3) is 9.37. The van der Waals surface area contributed by atoms with Gasteiger partial charge in [-0.25, -0.2) is 0 Å². The van der Waals surface area contributed by atoms with Crippen LogP contribution in [0.2, 0.25) is 0 Å². The van der Waals surface area contributed by atoms with Crippen molar-refractivity contribution in [2.75, 3.05) is 13.1 Å². The average molecular weight is 136 g/mol. The van der Waals surface area contributed by atoms with E-state index in [0.29, 0.717) is 0 Å². The van der Waals surface area contributed by atoms with Crippen molar-refractivity contribution in [1.82, 2.24) is 5.32 Å². The van der Waals surface area contributed by atoms with Gasteiger partial charge in [-0.2, -0.15) is 0 Å². The molecule has 8 heavy (non-hydrogen) atoms. The molecule has 0 bridgehead atoms. The fourth-order valence-corrected chi connectivity index (χ4v) is 0.381. The first kappa shape index (κ1) is 10.9. The molecule has 1 N–H and O–H groups in total. The predicted molar refractivity (Wildman–Crippen MR) is 40.6 cm³/mol. The van der Waals surface area contributed by atoms with E-state index in [9.17, 15) is 0 Å². The zero-order valence-corrected chi connectivity index (χ0v) is 6.13. The van der Waals surface area contributed by atoms with Crippen molar-refractivity contribution < 1.29 is 0 Å². The molecule has 0 saturated carbocycles. The molecule has 0 radical (unpaired) electrons. The number of rotatable bonds is 4. The van der Waals surface area contributed by atoms with E-state index in [4.69, 9.17) is 0 Å². The molecule has 50 valence electrons. The molecule has 0 amide bonds. The normalized spacial score (nSPS) is 7.62. The van der Waals surface area contributed by atoms with Gasteiger partial charge in [0.15, 0.2) is 0 Å². The van der Waals surface area contributed by atoms with Crippen molar-refractivity contribution >= 4 is 12.4 Å². The number of hydrogen-bond acceptors (Lipinski definition) is 1. The van der Waals surface area contributed by atoms with Crippen LogP contribution < -0.4 is 5.32 Å². The highest BCUT2D eigenvalue weighted by molar-refractivity contribution is 5.85. The Morgan fingerprint density at radius 2 is 2.25 bits per heavy atom. The van der Waals surface area contributed by atoms with Gasteiger partial charge in [-0.05, 0) is 13.0 Å². The molecule has 0 spiro atoms. The molecule has 0 aliphatic heterocycles. The lowest BCUT2D eigenvalue weighted by atomic mass is 10.5. The van der Waals surface area contributed by atoms with E-state index in [1.807, 2.05) is 6.08 Å². The van der Waals surface area contributed by atoms with Gasteiger partial charge in [0, 0.05) is 6.54 Å². The number of nitrogens with one attached hydrogen (secondary N) is 1. The third-order valence-electron chi connectivity index (χ3n) is 0.715. The van der Waals surface area contributed by atoms with Crippen molar-refractivity contribution in [3.05, 3.63) is 12.7 Å². The van der Waals surface area contributed by atoms with Crippen LogP contribution in [0.3, 0.4) is 0 Å². The number of hydrogen-bond donors (Lipinski definition) is 1. The highest BCUT2D eigenvalue weighted by Crippen LogP contribution is 1.67. The summed E-state index contributed by atoms with van der Waals surface area (Å²) in [5.41, 5.74) is 0. The highest BCUT2D eigenvalue weighted by Gasteiger charge is 1.73. The molecule has 0 saturated heterocycles. The maximum atomic E-state index is 3.57. The van der Waals surface area contributed by atoms with E-state index in [1.165, 1.54) is 6.42 Å². The second-order valence-corrected chi connectivity index (χ2v) is 1.49. The van der Waals surface area contributed by atoms with E-state index >= 15 is 0 Å². The summed E-state index contributed by atoms with van der Waals surface area (Å²) in [4.78, 5) is 0. The molecule has 0 aromatic carbocycles. The van der Waals surface area contributed by atoms with Crippen LogP contribution in [-0.4, -0.2) is 13.1 Å². The fraction of sp³-hybridized carbons (Fsp3) is 0.667. The van der Waals surface area contributed by atoms with E-state index in [1.54, 1.807) is 0 Å². The first-order chi connectivity index (χ1) is 3.41. The summed E-state index contributed by atoms with van der Waals surface area (Å²) in [5.74, 6) is 0. The Hall–Kier alpha value is -0.0100. The molecule has 0 fully saturated rings. The van der Waals surface area contributed by atoms with Gasteiger partial charge in [0.25, 0.3) is 0 Å². The van der Waals surface area contributed by atoms with Gasteiger partial charge in [-0.3, -0.25) is 0 Å². The smallest absolute Gasteiger partial charge is 0.0132 e. The van der Waals surface area contributed by atoms with Crippen LogP contribution in [0, 0.1) is 0 Å². The van der Waals surface area contributed by atoms with Crippen LogP contribution in [0.4, 0.5) is 0 Å². The van der Waals surface area contributed by atoms with Crippen LogP contribution in [0.15, 0.2) is 12.7 Å². The standard InChI is InChI=1S/C6H13N.ClH/c1-3-5-7-6-4-2;/h3,7H,1,4-6H2,2H3;1H. The van der Waals surface area contributed by atoms with E-state index < -0.39 is 0 Å². The summed E-state index contributed by atoms with van der Waals surface area (Å²) >= 11 is 0. The van der Waals surface area contributed by atoms with Crippen LogP contribution in [-0.2, 0) is 0 Å². The minimum absolute atomic E-state index is 0. The summed E-state index contributed by atoms with van der Waals surface area (Å²) in [6.07, 6.45) is 3.07. The van der Waals surface area contributed by atoms with Crippen molar-refractivity contribution in [3.63, 3.8) is 0 Å². The van der Waals surface area contributed by atoms with Crippen molar-refractivity contribution in [1.29, 1.82) is 0 Å². The first-order valence-electron chi connectivity index (χ1n) is 2.73. The molecule has 0 aromatic heterocycles. The zero-order chi connectivity index (χ0) is 5.54. The lowest BCUT2D eigenvalue weighted by Crippen LogP contribution is -2.13. The summed E-state index contributed by atoms with van der Waals surface area (Å²) in [6, 6.07) is 0. The Balaban J connectivity index is 0. The number of halogens is 1. The molecular formula is C6H14ClN. The lowest BCUT2D eigenvalue weighted by molar-refractivity contribution is 0.730. The van der Waals surface area contributed by atoms with Crippen LogP contribution in [0.5, 0.6) is 0 Å². The fourth-order valence-electron chi connectivity index (χ4n) is 0.381. The van der Waals surface area contributed by atoms with Gasteiger partial charge in [0.1, 0.15) is 0 Å². The van der Waals surface area contributed by atoms with Crippen molar-refractivity contribution in [2.24, 2.45) is 0 Å². The quantitative estimate of drug-likeness (QED) is 0.456. The minimum Gasteiger partial charge on any atom is -0.313 e. The van der Waals surface area contributed by atoms with Gasteiger partial charge in [-0.15, -0.1) is 19.0 Å². The third-order valence-corrected chi connectivity index (χ3v) is 0.715. The molecule has 0 aliphatic carbocycles. The van der Waals surface area contributed by atoms with Gasteiger partial charge >= 0.3 is 0 Å². The largest absolute Gasteiger partial charge is 0.313 e. The van der Waals surface area contributed by atoms with Gasteiger partial charge in [0.2, 0.25) is 0 Å². The zero-order valence-electron chi connectivity index (χ0n) is 5.31. The van der Waals surface area contributed by atoms with Gasteiger partial charge in [0.05, 0.1) is 0 Å². The summed E-state index contributed by atoms with van der Waals surface area (Å²) in [7, 11) is 0. The van der Waals surface area contributed by atoms with Gasteiger partial charge in [-0.1, -0.05) is 13.0 Å². The lowest BCUT2D eigenvalue weighted by Gasteiger charge is -1.93. The van der Waals surface area contributed by atoms with Gasteiger partial charge < -0.3 is 5.32 Å². The van der Waals surface area contributed by atoms with Crippen LogP contribution in [0.25, 0.3) is 0 Å². The van der Waals surface area contributed by atoms with E-state index in [2.05, 4.69) is 18.8 Å². The molecular weight excluding hydrogens is 122 g/mol. The van der Waals surface area contributed by atoms with E-state index in [-0.39, 0.29) is 12.4 Å². The molecule has 0 aromatic rings. The van der Waals surface area contributed by atoms with Crippen molar-refractivity contribution in [2.45, 2.75) is 13.3 Å². The Morgan fingerprint density at radius 1 is 1.62 bits per heavy atom. The molecule has 0 rings (SSSR count). The second kappa shape index (κ2) is 10.1. The average Bonchev–Trinajstić information content (AvgIpc) is 1.69. The monoisotopic (exact) mass is 135 g/mol. The second-order valence-electron chi connectivity index (χ2n) is 1.49. The maximum Gasteiger partial charge on any atom is 0.0132 e. The summed E-state index contributed by atoms with van der Waals surface area (Å²) in [5, 5.41) is 3.17. The van der Waals surface area contributed by atoms with Crippen LogP contribution >= 0.6 is 12.4 Å². The molecule has 0 atom stereocenters. The Morgan fingerprint density at radius 3 is 2.62 bits per heavy atom. The topological polar surface area (TPSA) is 12.0 Å². The molecule has 0 aliphatic rings. The summed E-state index contributed by atoms with van der Waals surface area (Å²) in [6.45, 7) is 7.76. The maximum absolute atomic E-state index is 3.57. The Labute approximate surface area is 57.6 Å².